The summed E-state index contributed by atoms with van der Waals surface area (Å²) in [5.41, 5.74) is -0.563. The molecule has 11 heteroatoms. The Morgan fingerprint density at radius 3 is 2.83 bits per heavy atom. The summed E-state index contributed by atoms with van der Waals surface area (Å²) >= 11 is 10.5. The van der Waals surface area contributed by atoms with Gasteiger partial charge in [0.1, 0.15) is 11.4 Å². The van der Waals surface area contributed by atoms with Crippen LogP contribution in [0.2, 0.25) is 0 Å². The molecular formula is C18H25BrN4O4S2. The fourth-order valence-electron chi connectivity index (χ4n) is 2.83. The van der Waals surface area contributed by atoms with E-state index in [1.54, 1.807) is 16.2 Å². The Kier molecular flexibility index (Phi) is 7.15. The van der Waals surface area contributed by atoms with Crippen LogP contribution in [0, 0.1) is 0 Å². The van der Waals surface area contributed by atoms with Gasteiger partial charge in [-0.15, -0.1) is 11.3 Å². The summed E-state index contributed by atoms with van der Waals surface area (Å²) < 4.78 is 17.2. The number of hydrogen-bond acceptors (Lipinski definition) is 7. The van der Waals surface area contributed by atoms with Gasteiger partial charge in [-0.2, -0.15) is 0 Å². The van der Waals surface area contributed by atoms with Crippen LogP contribution in [0.3, 0.4) is 0 Å². The number of thiocarbonyl (C=S) groups is 1. The van der Waals surface area contributed by atoms with Crippen molar-refractivity contribution in [1.29, 1.82) is 0 Å². The second-order valence-corrected chi connectivity index (χ2v) is 9.91. The van der Waals surface area contributed by atoms with Crippen molar-refractivity contribution in [1.82, 2.24) is 15.5 Å². The van der Waals surface area contributed by atoms with Crippen molar-refractivity contribution < 1.29 is 19.0 Å². The summed E-state index contributed by atoms with van der Waals surface area (Å²) in [6.07, 6.45) is -0.695. The van der Waals surface area contributed by atoms with Crippen LogP contribution in [0.25, 0.3) is 0 Å². The maximum atomic E-state index is 12.6. The molecule has 29 heavy (non-hydrogen) atoms. The number of rotatable bonds is 5. The second-order valence-electron chi connectivity index (χ2n) is 7.64. The van der Waals surface area contributed by atoms with Gasteiger partial charge < -0.3 is 24.8 Å². The molecule has 1 aromatic rings. The lowest BCUT2D eigenvalue weighted by Gasteiger charge is -2.35. The van der Waals surface area contributed by atoms with Gasteiger partial charge in [0.15, 0.2) is 11.4 Å². The Balaban J connectivity index is 1.67. The lowest BCUT2D eigenvalue weighted by atomic mass is 10.1. The Morgan fingerprint density at radius 1 is 1.52 bits per heavy atom. The molecule has 2 aliphatic heterocycles. The van der Waals surface area contributed by atoms with E-state index in [9.17, 15) is 4.79 Å². The van der Waals surface area contributed by atoms with Gasteiger partial charge in [0, 0.05) is 21.2 Å². The number of aliphatic imine (C=N–C) groups is 1. The lowest BCUT2D eigenvalue weighted by Crippen LogP contribution is -2.54. The summed E-state index contributed by atoms with van der Waals surface area (Å²) in [6, 6.07) is 1.85. The molecule has 2 N–H and O–H groups in total. The zero-order chi connectivity index (χ0) is 21.2. The number of hydrogen-bond donors (Lipinski definition) is 2. The summed E-state index contributed by atoms with van der Waals surface area (Å²) in [6.45, 7) is 8.42. The van der Waals surface area contributed by atoms with Gasteiger partial charge in [-0.25, -0.2) is 4.79 Å². The van der Waals surface area contributed by atoms with Crippen LogP contribution in [-0.2, 0) is 14.2 Å². The van der Waals surface area contributed by atoms with E-state index >= 15 is 0 Å². The molecule has 0 spiro atoms. The number of halogens is 1. The highest BCUT2D eigenvalue weighted by molar-refractivity contribution is 9.10. The molecule has 3 heterocycles. The molecule has 0 unspecified atom stereocenters. The first-order valence-corrected chi connectivity index (χ1v) is 11.3. The van der Waals surface area contributed by atoms with Crippen molar-refractivity contribution in [2.75, 3.05) is 13.1 Å². The van der Waals surface area contributed by atoms with Gasteiger partial charge in [0.2, 0.25) is 6.41 Å². The summed E-state index contributed by atoms with van der Waals surface area (Å²) in [5.74, 6) is 0.675. The molecular weight excluding hydrogens is 480 g/mol. The minimum absolute atomic E-state index is 0.175. The molecule has 0 radical (unpaired) electrons. The van der Waals surface area contributed by atoms with Gasteiger partial charge in [0.05, 0.1) is 19.1 Å². The first kappa shape index (κ1) is 22.4. The number of carbonyl (C=O) groups excluding carboxylic acids is 1. The van der Waals surface area contributed by atoms with E-state index in [4.69, 9.17) is 26.4 Å². The van der Waals surface area contributed by atoms with Crippen molar-refractivity contribution in [3.8, 4) is 0 Å². The van der Waals surface area contributed by atoms with Crippen LogP contribution in [0.5, 0.6) is 0 Å². The van der Waals surface area contributed by atoms with E-state index in [-0.39, 0.29) is 18.4 Å². The predicted molar refractivity (Wildman–Crippen MR) is 119 cm³/mol. The van der Waals surface area contributed by atoms with Gasteiger partial charge in [0.25, 0.3) is 0 Å². The predicted octanol–water partition coefficient (Wildman–Crippen LogP) is 3.73. The van der Waals surface area contributed by atoms with Gasteiger partial charge in [-0.1, -0.05) is 0 Å². The molecule has 160 valence electrons. The third-order valence-electron chi connectivity index (χ3n) is 4.05. The molecule has 3 rings (SSSR count). The number of nitrogens with zero attached hydrogens (tertiary/aromatic N) is 2. The third-order valence-corrected chi connectivity index (χ3v) is 6.09. The molecule has 0 aliphatic carbocycles. The van der Waals surface area contributed by atoms with Crippen LogP contribution in [0.1, 0.15) is 45.0 Å². The number of thiophene rings is 1. The molecule has 1 fully saturated rings. The highest BCUT2D eigenvalue weighted by atomic mass is 79.9. The second kappa shape index (κ2) is 9.25. The number of amides is 1. The molecule has 8 nitrogen and oxygen atoms in total. The van der Waals surface area contributed by atoms with E-state index < -0.39 is 12.0 Å². The van der Waals surface area contributed by atoms with Crippen molar-refractivity contribution in [3.63, 3.8) is 0 Å². The molecule has 0 aromatic carbocycles. The SMILES string of the molecule is CC1OC(NC(=S)N[C@H](CC2=NCCN2C(=O)OC(C)(C)C)c2cc(Br)cs2)O1. The smallest absolute Gasteiger partial charge is 0.415 e. The maximum absolute atomic E-state index is 12.6. The number of nitrogens with one attached hydrogen (secondary N) is 2. The highest BCUT2D eigenvalue weighted by Crippen LogP contribution is 2.29. The third kappa shape index (κ3) is 6.35. The maximum Gasteiger partial charge on any atom is 0.415 e. The number of carbonyl (C=O) groups is 1. The quantitative estimate of drug-likeness (QED) is 0.590. The molecule has 0 saturated carbocycles. The van der Waals surface area contributed by atoms with Crippen molar-refractivity contribution >= 4 is 56.5 Å². The summed E-state index contributed by atoms with van der Waals surface area (Å²) in [5, 5.41) is 8.66. The van der Waals surface area contributed by atoms with Crippen molar-refractivity contribution in [2.24, 2.45) is 4.99 Å². The zero-order valence-electron chi connectivity index (χ0n) is 16.7. The van der Waals surface area contributed by atoms with Crippen LogP contribution >= 0.6 is 39.5 Å². The minimum Gasteiger partial charge on any atom is -0.443 e. The average molecular weight is 505 g/mol. The van der Waals surface area contributed by atoms with Crippen molar-refractivity contribution in [2.45, 2.75) is 58.5 Å². The van der Waals surface area contributed by atoms with Crippen LogP contribution in [0.4, 0.5) is 4.79 Å². The van der Waals surface area contributed by atoms with Crippen LogP contribution in [-0.4, -0.2) is 53.3 Å². The van der Waals surface area contributed by atoms with E-state index in [2.05, 4.69) is 31.6 Å². The molecule has 2 aliphatic rings. The fourth-order valence-corrected chi connectivity index (χ4v) is 4.57. The van der Waals surface area contributed by atoms with E-state index in [1.165, 1.54) is 0 Å². The standard InChI is InChI=1S/C18H25BrN4O4S2/c1-10-25-16(26-10)22-15(28)21-12(13-7-11(19)9-29-13)8-14-20-5-6-23(14)17(24)27-18(2,3)4/h7,9-10,12,16H,5-6,8H2,1-4H3,(H2,21,22,28)/t10?,12-,16?/m1/s1. The van der Waals surface area contributed by atoms with Crippen molar-refractivity contribution in [3.05, 3.63) is 20.8 Å². The zero-order valence-corrected chi connectivity index (χ0v) is 19.9. The van der Waals surface area contributed by atoms with E-state index in [0.29, 0.717) is 30.5 Å². The first-order chi connectivity index (χ1) is 13.6. The number of amidine groups is 1. The van der Waals surface area contributed by atoms with E-state index in [0.717, 1.165) is 9.35 Å². The average Bonchev–Trinajstić information content (AvgIpc) is 3.20. The van der Waals surface area contributed by atoms with Gasteiger partial charge >= 0.3 is 6.09 Å². The first-order valence-electron chi connectivity index (χ1n) is 9.26. The largest absolute Gasteiger partial charge is 0.443 e. The Hall–Kier alpha value is -1.27. The molecule has 1 amide bonds. The van der Waals surface area contributed by atoms with E-state index in [1.807, 2.05) is 39.1 Å². The molecule has 1 saturated heterocycles. The minimum atomic E-state index is -0.563. The summed E-state index contributed by atoms with van der Waals surface area (Å²) in [4.78, 5) is 19.7. The Bertz CT molecular complexity index is 789. The van der Waals surface area contributed by atoms with Crippen LogP contribution in [0.15, 0.2) is 20.9 Å². The topological polar surface area (TPSA) is 84.4 Å². The highest BCUT2D eigenvalue weighted by Gasteiger charge is 2.32. The van der Waals surface area contributed by atoms with Crippen LogP contribution < -0.4 is 10.6 Å². The molecule has 1 aromatic heterocycles. The monoisotopic (exact) mass is 504 g/mol. The van der Waals surface area contributed by atoms with Gasteiger partial charge in [-0.3, -0.25) is 9.89 Å². The normalized spacial score (nSPS) is 22.5. The Morgan fingerprint density at radius 2 is 2.24 bits per heavy atom. The molecule has 1 atom stereocenters. The lowest BCUT2D eigenvalue weighted by molar-refractivity contribution is -0.381. The summed E-state index contributed by atoms with van der Waals surface area (Å²) in [7, 11) is 0. The number of ether oxygens (including phenoxy) is 3. The molecule has 0 bridgehead atoms. The fraction of sp³-hybridized carbons (Fsp3) is 0.611. The van der Waals surface area contributed by atoms with Gasteiger partial charge in [-0.05, 0) is 61.9 Å². The Labute approximate surface area is 188 Å².